The van der Waals surface area contributed by atoms with Crippen molar-refractivity contribution in [3.63, 3.8) is 0 Å². The summed E-state index contributed by atoms with van der Waals surface area (Å²) in [6.45, 7) is 13.5. The molecule has 0 N–H and O–H groups in total. The third-order valence-corrected chi connectivity index (χ3v) is 5.35. The van der Waals surface area contributed by atoms with Crippen LogP contribution in [0.2, 0.25) is 0 Å². The first kappa shape index (κ1) is 15.6. The van der Waals surface area contributed by atoms with E-state index in [1.807, 2.05) is 0 Å². The van der Waals surface area contributed by atoms with Crippen LogP contribution in [0.4, 0.5) is 0 Å². The highest BCUT2D eigenvalue weighted by Gasteiger charge is 2.42. The Labute approximate surface area is 125 Å². The Morgan fingerprint density at radius 3 is 2.40 bits per heavy atom. The lowest BCUT2D eigenvalue weighted by Crippen LogP contribution is -2.56. The van der Waals surface area contributed by atoms with Crippen LogP contribution in [-0.2, 0) is 0 Å². The Morgan fingerprint density at radius 1 is 1.05 bits per heavy atom. The van der Waals surface area contributed by atoms with Crippen LogP contribution >= 0.6 is 0 Å². The molecule has 2 aliphatic carbocycles. The van der Waals surface area contributed by atoms with Crippen LogP contribution in [0.1, 0.15) is 64.2 Å². The second kappa shape index (κ2) is 7.26. The summed E-state index contributed by atoms with van der Waals surface area (Å²) in [5.41, 5.74) is 1.60. The highest BCUT2D eigenvalue weighted by molar-refractivity contribution is 5.23. The van der Waals surface area contributed by atoms with Crippen molar-refractivity contribution in [2.45, 2.75) is 75.8 Å². The molecule has 1 heteroatoms. The molecule has 0 radical (unpaired) electrons. The van der Waals surface area contributed by atoms with Crippen molar-refractivity contribution < 1.29 is 0 Å². The molecule has 1 unspecified atom stereocenters. The van der Waals surface area contributed by atoms with E-state index in [0.717, 1.165) is 19.0 Å². The third kappa shape index (κ3) is 3.09. The van der Waals surface area contributed by atoms with Gasteiger partial charge in [-0.05, 0) is 38.5 Å². The van der Waals surface area contributed by atoms with Crippen LogP contribution in [0, 0.1) is 0 Å². The van der Waals surface area contributed by atoms with Gasteiger partial charge in [0.1, 0.15) is 0 Å². The molecular weight excluding hydrogens is 242 g/mol. The molecule has 20 heavy (non-hydrogen) atoms. The highest BCUT2D eigenvalue weighted by Crippen LogP contribution is 2.43. The van der Waals surface area contributed by atoms with Gasteiger partial charge in [-0.15, -0.1) is 13.2 Å². The van der Waals surface area contributed by atoms with Crippen molar-refractivity contribution in [3.8, 4) is 0 Å². The molecule has 2 saturated carbocycles. The highest BCUT2D eigenvalue weighted by atomic mass is 15.2. The second-order valence-electron chi connectivity index (χ2n) is 6.57. The molecule has 0 bridgehead atoms. The third-order valence-electron chi connectivity index (χ3n) is 5.35. The van der Waals surface area contributed by atoms with E-state index >= 15 is 0 Å². The second-order valence-corrected chi connectivity index (χ2v) is 6.57. The van der Waals surface area contributed by atoms with Crippen molar-refractivity contribution >= 4 is 0 Å². The molecular formula is C19H31N. The van der Waals surface area contributed by atoms with E-state index in [1.165, 1.54) is 63.4 Å². The van der Waals surface area contributed by atoms with Crippen LogP contribution in [0.25, 0.3) is 0 Å². The van der Waals surface area contributed by atoms with Gasteiger partial charge in [0.05, 0.1) is 0 Å². The Kier molecular flexibility index (Phi) is 5.65. The summed E-state index contributed by atoms with van der Waals surface area (Å²) in [7, 11) is 0. The molecule has 0 aromatic carbocycles. The average Bonchev–Trinajstić information content (AvgIpc) is 2.48. The Balaban J connectivity index is 2.27. The van der Waals surface area contributed by atoms with Gasteiger partial charge in [0, 0.05) is 18.1 Å². The van der Waals surface area contributed by atoms with Gasteiger partial charge in [-0.25, -0.2) is 0 Å². The SMILES string of the molecule is C=CCN(C1CCCCC1)C1(CC=C)CCCCC1=C. The lowest BCUT2D eigenvalue weighted by Gasteiger charge is -2.51. The predicted molar refractivity (Wildman–Crippen MR) is 88.9 cm³/mol. The van der Waals surface area contributed by atoms with Crippen LogP contribution in [0.3, 0.4) is 0 Å². The molecule has 0 aromatic rings. The largest absolute Gasteiger partial charge is 0.287 e. The van der Waals surface area contributed by atoms with Gasteiger partial charge in [-0.2, -0.15) is 0 Å². The lowest BCUT2D eigenvalue weighted by atomic mass is 9.73. The van der Waals surface area contributed by atoms with Gasteiger partial charge in [-0.3, -0.25) is 4.90 Å². The normalized spacial score (nSPS) is 28.6. The van der Waals surface area contributed by atoms with Crippen molar-refractivity contribution in [2.24, 2.45) is 0 Å². The standard InChI is InChI=1S/C19H31N/c1-4-14-19(15-10-9-11-17(19)3)20(16-5-2)18-12-7-6-8-13-18/h4-5,18H,1-3,6-16H2. The molecule has 112 valence electrons. The summed E-state index contributed by atoms with van der Waals surface area (Å²) in [6.07, 6.45) is 17.2. The summed E-state index contributed by atoms with van der Waals surface area (Å²) < 4.78 is 0. The van der Waals surface area contributed by atoms with Gasteiger partial charge in [-0.1, -0.05) is 50.0 Å². The van der Waals surface area contributed by atoms with Gasteiger partial charge in [0.15, 0.2) is 0 Å². The van der Waals surface area contributed by atoms with Gasteiger partial charge in [0.2, 0.25) is 0 Å². The van der Waals surface area contributed by atoms with Gasteiger partial charge >= 0.3 is 0 Å². The molecule has 0 spiro atoms. The Bertz CT molecular complexity index is 351. The van der Waals surface area contributed by atoms with E-state index in [9.17, 15) is 0 Å². The zero-order valence-electron chi connectivity index (χ0n) is 13.1. The molecule has 2 fully saturated rings. The van der Waals surface area contributed by atoms with Crippen molar-refractivity contribution in [1.82, 2.24) is 4.90 Å². The minimum atomic E-state index is 0.163. The predicted octanol–water partition coefficient (Wildman–Crippen LogP) is 5.25. The van der Waals surface area contributed by atoms with Crippen molar-refractivity contribution in [2.75, 3.05) is 6.54 Å². The summed E-state index contributed by atoms with van der Waals surface area (Å²) >= 11 is 0. The smallest absolute Gasteiger partial charge is 0.0458 e. The quantitative estimate of drug-likeness (QED) is 0.597. The van der Waals surface area contributed by atoms with Crippen LogP contribution < -0.4 is 0 Å². The first-order chi connectivity index (χ1) is 9.74. The minimum absolute atomic E-state index is 0.163. The first-order valence-corrected chi connectivity index (χ1v) is 8.41. The Hall–Kier alpha value is -0.820. The minimum Gasteiger partial charge on any atom is -0.287 e. The molecule has 1 atom stereocenters. The summed E-state index contributed by atoms with van der Waals surface area (Å²) in [4.78, 5) is 2.74. The lowest BCUT2D eigenvalue weighted by molar-refractivity contribution is 0.0450. The molecule has 0 heterocycles. The van der Waals surface area contributed by atoms with E-state index in [4.69, 9.17) is 0 Å². The van der Waals surface area contributed by atoms with Crippen molar-refractivity contribution in [1.29, 1.82) is 0 Å². The van der Waals surface area contributed by atoms with Gasteiger partial charge < -0.3 is 0 Å². The van der Waals surface area contributed by atoms with E-state index in [2.05, 4.69) is 36.8 Å². The van der Waals surface area contributed by atoms with Crippen LogP contribution in [-0.4, -0.2) is 23.0 Å². The molecule has 1 nitrogen and oxygen atoms in total. The fourth-order valence-corrected chi connectivity index (χ4v) is 4.32. The number of hydrogen-bond donors (Lipinski definition) is 0. The van der Waals surface area contributed by atoms with E-state index in [1.54, 1.807) is 0 Å². The van der Waals surface area contributed by atoms with Crippen molar-refractivity contribution in [3.05, 3.63) is 37.5 Å². The fourth-order valence-electron chi connectivity index (χ4n) is 4.32. The first-order valence-electron chi connectivity index (χ1n) is 8.41. The zero-order chi connectivity index (χ0) is 14.4. The monoisotopic (exact) mass is 273 g/mol. The molecule has 2 aliphatic rings. The molecule has 0 amide bonds. The molecule has 0 aliphatic heterocycles. The maximum atomic E-state index is 4.46. The maximum Gasteiger partial charge on any atom is 0.0458 e. The zero-order valence-corrected chi connectivity index (χ0v) is 13.1. The molecule has 0 saturated heterocycles. The van der Waals surface area contributed by atoms with Gasteiger partial charge in [0.25, 0.3) is 0 Å². The fraction of sp³-hybridized carbons (Fsp3) is 0.684. The Morgan fingerprint density at radius 2 is 1.80 bits per heavy atom. The van der Waals surface area contributed by atoms with Crippen LogP contribution in [0.15, 0.2) is 37.5 Å². The maximum absolute atomic E-state index is 4.46. The average molecular weight is 273 g/mol. The topological polar surface area (TPSA) is 3.24 Å². The van der Waals surface area contributed by atoms with E-state index < -0.39 is 0 Å². The van der Waals surface area contributed by atoms with E-state index in [0.29, 0.717) is 0 Å². The number of hydrogen-bond acceptors (Lipinski definition) is 1. The molecule has 2 rings (SSSR count). The van der Waals surface area contributed by atoms with E-state index in [-0.39, 0.29) is 5.54 Å². The summed E-state index contributed by atoms with van der Waals surface area (Å²) in [5, 5.41) is 0. The van der Waals surface area contributed by atoms with Crippen LogP contribution in [0.5, 0.6) is 0 Å². The summed E-state index contributed by atoms with van der Waals surface area (Å²) in [5.74, 6) is 0. The molecule has 0 aromatic heterocycles. The number of rotatable bonds is 6. The number of nitrogens with zero attached hydrogens (tertiary/aromatic N) is 1. The summed E-state index contributed by atoms with van der Waals surface area (Å²) in [6, 6.07) is 0.719.